The van der Waals surface area contributed by atoms with E-state index in [2.05, 4.69) is 85.9 Å². The predicted octanol–water partition coefficient (Wildman–Crippen LogP) is 2.51. The smallest absolute Gasteiger partial charge is 1.00 e. The molecule has 0 aromatic heterocycles. The summed E-state index contributed by atoms with van der Waals surface area (Å²) in [5, 5.41) is 0. The van der Waals surface area contributed by atoms with Crippen LogP contribution in [0.5, 0.6) is 0 Å². The molecule has 23 heavy (non-hydrogen) atoms. The van der Waals surface area contributed by atoms with Gasteiger partial charge < -0.3 is 13.8 Å². The van der Waals surface area contributed by atoms with E-state index in [1.165, 1.54) is 11.1 Å². The minimum Gasteiger partial charge on any atom is -1.00 e. The van der Waals surface area contributed by atoms with Crippen molar-refractivity contribution < 1.29 is 30.4 Å². The van der Waals surface area contributed by atoms with E-state index in [0.29, 0.717) is 0 Å². The van der Waals surface area contributed by atoms with Crippen LogP contribution in [-0.2, 0) is 16.6 Å². The third-order valence-electron chi connectivity index (χ3n) is 4.85. The van der Waals surface area contributed by atoms with Crippen LogP contribution in [0.3, 0.4) is 0 Å². The van der Waals surface area contributed by atoms with Gasteiger partial charge in [0.2, 0.25) is 0 Å². The molecule has 3 heteroatoms. The van der Waals surface area contributed by atoms with E-state index in [-0.39, 0.29) is 20.0 Å². The Hall–Kier alpha value is -0.859. The molecular formula is C20H21ClSiTi-2. The standard InChI is InChI=1S/2C9H7.C2H6Si.ClH.Ti.H/c2*1-2-5-9-7-3-6-8(9)4-1;1-3-2;;;/h2*1-7H;1-2H3;1H;;/q;;;;;-1/p-1. The van der Waals surface area contributed by atoms with Crippen LogP contribution < -0.4 is 12.4 Å². The first kappa shape index (κ1) is 17.0. The molecule has 2 aromatic carbocycles. The summed E-state index contributed by atoms with van der Waals surface area (Å²) in [6, 6.07) is 18.0. The Balaban J connectivity index is 0.00000104. The quantitative estimate of drug-likeness (QED) is 0.711. The van der Waals surface area contributed by atoms with E-state index < -0.39 is 16.6 Å². The molecule has 2 aliphatic rings. The number of fused-ring (bicyclic) bond motifs is 2. The Morgan fingerprint density at radius 3 is 1.65 bits per heavy atom. The van der Waals surface area contributed by atoms with Gasteiger partial charge in [0.25, 0.3) is 0 Å². The Morgan fingerprint density at radius 2 is 1.22 bits per heavy atom. The van der Waals surface area contributed by atoms with Gasteiger partial charge in [-0.25, -0.2) is 0 Å². The zero-order valence-corrected chi connectivity index (χ0v) is 16.8. The van der Waals surface area contributed by atoms with E-state index in [1.54, 1.807) is 11.1 Å². The molecule has 0 spiro atoms. The van der Waals surface area contributed by atoms with Crippen LogP contribution in [-0.4, -0.2) is 6.19 Å². The third kappa shape index (κ3) is 2.96. The molecule has 2 unspecified atom stereocenters. The second kappa shape index (κ2) is 6.94. The summed E-state index contributed by atoms with van der Waals surface area (Å²) in [6.07, 6.45) is 9.51. The number of rotatable bonds is 2. The Labute approximate surface area is 152 Å². The third-order valence-corrected chi connectivity index (χ3v) is 17.6. The summed E-state index contributed by atoms with van der Waals surface area (Å²) in [7, 11) is 0. The molecule has 0 N–H and O–H groups in total. The van der Waals surface area contributed by atoms with Gasteiger partial charge in [-0.05, 0) is 0 Å². The zero-order valence-electron chi connectivity index (χ0n) is 14.5. The first-order valence-corrected chi connectivity index (χ1v) is 14.6. The van der Waals surface area contributed by atoms with Gasteiger partial charge in [-0.1, -0.05) is 0 Å². The van der Waals surface area contributed by atoms with E-state index >= 15 is 0 Å². The maximum Gasteiger partial charge on any atom is -1.00 e. The second-order valence-electron chi connectivity index (χ2n) is 6.39. The fourth-order valence-corrected chi connectivity index (χ4v) is 16.4. The van der Waals surface area contributed by atoms with Crippen LogP contribution in [0.25, 0.3) is 12.2 Å². The largest absolute Gasteiger partial charge is 1.00 e. The number of hydrogen-bond donors (Lipinski definition) is 0. The molecule has 2 atom stereocenters. The Morgan fingerprint density at radius 1 is 0.783 bits per heavy atom. The van der Waals surface area contributed by atoms with Gasteiger partial charge >= 0.3 is 139 Å². The van der Waals surface area contributed by atoms with Gasteiger partial charge in [-0.2, -0.15) is 0 Å². The van der Waals surface area contributed by atoms with Crippen LogP contribution in [0.1, 0.15) is 32.1 Å². The van der Waals surface area contributed by atoms with Crippen molar-refractivity contribution in [1.29, 1.82) is 0 Å². The Kier molecular flexibility index (Phi) is 5.13. The predicted molar refractivity (Wildman–Crippen MR) is 95.0 cm³/mol. The van der Waals surface area contributed by atoms with Crippen LogP contribution in [0.15, 0.2) is 60.7 Å². The van der Waals surface area contributed by atoms with Crippen molar-refractivity contribution >= 4 is 18.3 Å². The van der Waals surface area contributed by atoms with Crippen molar-refractivity contribution in [3.63, 3.8) is 0 Å². The van der Waals surface area contributed by atoms with Gasteiger partial charge in [-0.15, -0.1) is 0 Å². The van der Waals surface area contributed by atoms with Crippen molar-refractivity contribution in [3.05, 3.63) is 82.9 Å². The normalized spacial score (nSPS) is 19.9. The fraction of sp³-hybridized carbons (Fsp3) is 0.200. The number of benzene rings is 2. The molecule has 0 fully saturated rings. The van der Waals surface area contributed by atoms with Gasteiger partial charge in [-0.3, -0.25) is 0 Å². The van der Waals surface area contributed by atoms with E-state index in [4.69, 9.17) is 0 Å². The number of allylic oxidation sites excluding steroid dienone is 2. The fourth-order valence-electron chi connectivity index (χ4n) is 3.86. The first-order valence-electron chi connectivity index (χ1n) is 7.97. The summed E-state index contributed by atoms with van der Waals surface area (Å²) < 4.78 is 1.47. The van der Waals surface area contributed by atoms with Gasteiger partial charge in [0.05, 0.1) is 0 Å². The molecule has 2 aromatic rings. The average Bonchev–Trinajstić information content (AvgIpc) is 3.13. The minimum atomic E-state index is -1.29. The van der Waals surface area contributed by atoms with E-state index in [1.807, 2.05) is 0 Å². The number of halogens is 1. The second-order valence-corrected chi connectivity index (χ2v) is 18.8. The summed E-state index contributed by atoms with van der Waals surface area (Å²) in [5.41, 5.74) is 6.11. The van der Waals surface area contributed by atoms with Crippen molar-refractivity contribution in [2.24, 2.45) is 0 Å². The molecule has 0 heterocycles. The summed E-state index contributed by atoms with van der Waals surface area (Å²) in [5.74, 6) is 0. The minimum absolute atomic E-state index is 0. The van der Waals surface area contributed by atoms with Crippen molar-refractivity contribution in [1.82, 2.24) is 0 Å². The number of hydrogen-bond acceptors (Lipinski definition) is 0. The monoisotopic (exact) mass is 372 g/mol. The molecule has 118 valence electrons. The maximum atomic E-state index is 2.55. The summed E-state index contributed by atoms with van der Waals surface area (Å²) in [4.78, 5) is 0. The topological polar surface area (TPSA) is 0 Å². The molecule has 4 rings (SSSR count). The van der Waals surface area contributed by atoms with E-state index in [9.17, 15) is 0 Å². The molecule has 0 nitrogen and oxygen atoms in total. The SMILES string of the molecule is C[Si](C)=[Ti]([CH]1C=Cc2ccccc21)[CH]1C=Cc2ccccc21.[Cl-].[H-]. The average molecular weight is 373 g/mol. The molecule has 0 saturated carbocycles. The first-order chi connectivity index (χ1) is 10.8. The summed E-state index contributed by atoms with van der Waals surface area (Å²) in [6.45, 7) is 5.09. The van der Waals surface area contributed by atoms with Crippen LogP contribution in [0.4, 0.5) is 0 Å². The molecular weight excluding hydrogens is 352 g/mol. The zero-order chi connectivity index (χ0) is 15.1. The molecule has 0 radical (unpaired) electrons. The molecule has 0 bridgehead atoms. The Bertz CT molecular complexity index is 774. The molecule has 2 aliphatic carbocycles. The molecule has 0 saturated heterocycles. The van der Waals surface area contributed by atoms with Gasteiger partial charge in [0.1, 0.15) is 0 Å². The maximum absolute atomic E-state index is 2.55. The van der Waals surface area contributed by atoms with Crippen molar-refractivity contribution in [2.45, 2.75) is 21.5 Å². The summed E-state index contributed by atoms with van der Waals surface area (Å²) >= 11 is -1.29. The molecule has 0 amide bonds. The van der Waals surface area contributed by atoms with Crippen LogP contribution in [0.2, 0.25) is 13.1 Å². The van der Waals surface area contributed by atoms with Gasteiger partial charge in [0, 0.05) is 0 Å². The van der Waals surface area contributed by atoms with Gasteiger partial charge in [0.15, 0.2) is 0 Å². The van der Waals surface area contributed by atoms with Crippen molar-refractivity contribution in [2.75, 3.05) is 0 Å². The van der Waals surface area contributed by atoms with Crippen LogP contribution in [0, 0.1) is 0 Å². The van der Waals surface area contributed by atoms with Crippen molar-refractivity contribution in [3.8, 4) is 0 Å². The molecule has 0 aliphatic heterocycles. The van der Waals surface area contributed by atoms with Crippen LogP contribution >= 0.6 is 0 Å². The van der Waals surface area contributed by atoms with E-state index in [0.717, 1.165) is 8.45 Å².